The molecule has 0 aliphatic heterocycles. The van der Waals surface area contributed by atoms with Gasteiger partial charge in [-0.05, 0) is 44.1 Å². The molecule has 0 aromatic heterocycles. The van der Waals surface area contributed by atoms with Crippen LogP contribution in [0.15, 0.2) is 66.7 Å². The second-order valence-electron chi connectivity index (χ2n) is 14.4. The zero-order valence-corrected chi connectivity index (χ0v) is 33.9. The maximum absolute atomic E-state index is 11.7. The average Bonchev–Trinajstić information content (AvgIpc) is 3.39. The van der Waals surface area contributed by atoms with Crippen molar-refractivity contribution >= 4 is 27.0 Å². The fourth-order valence-electron chi connectivity index (χ4n) is 5.27. The van der Waals surface area contributed by atoms with Crippen LogP contribution in [0.1, 0.15) is 86.1 Å². The summed E-state index contributed by atoms with van der Waals surface area (Å²) in [6.07, 6.45) is 0. The van der Waals surface area contributed by atoms with Crippen molar-refractivity contribution in [3.05, 3.63) is 111 Å². The largest absolute Gasteiger partial charge is 1.00 e. The molecule has 44 heavy (non-hydrogen) atoms. The van der Waals surface area contributed by atoms with E-state index in [-0.39, 0.29) is 34.4 Å². The van der Waals surface area contributed by atoms with Gasteiger partial charge < -0.3 is 17.5 Å². The molecule has 0 aliphatic rings. The second-order valence-corrected chi connectivity index (χ2v) is 23.8. The topological polar surface area (TPSA) is 23.1 Å². The van der Waals surface area contributed by atoms with Crippen LogP contribution in [0, 0.1) is 41.5 Å². The Morgan fingerprint density at radius 3 is 1.34 bits per heavy atom. The Morgan fingerprint density at radius 2 is 1.00 bits per heavy atom. The van der Waals surface area contributed by atoms with Crippen LogP contribution in [-0.4, -0.2) is 5.43 Å². The molecule has 0 aliphatic carbocycles. The first kappa shape index (κ1) is 40.1. The normalized spacial score (nSPS) is 11.0. The van der Waals surface area contributed by atoms with E-state index in [0.29, 0.717) is 0 Å². The number of benzene rings is 3. The molecule has 0 saturated carbocycles. The van der Waals surface area contributed by atoms with E-state index in [1.807, 2.05) is 6.07 Å². The summed E-state index contributed by atoms with van der Waals surface area (Å²) in [5, 5.41) is 17.3. The summed E-state index contributed by atoms with van der Waals surface area (Å²) in [6.45, 7) is 30.3. The Bertz CT molecular complexity index is 1600. The Morgan fingerprint density at radius 1 is 0.614 bits per heavy atom. The summed E-state index contributed by atoms with van der Waals surface area (Å²) in [7, 11) is 0. The van der Waals surface area contributed by atoms with Crippen LogP contribution in [0.3, 0.4) is 0 Å². The smallest absolute Gasteiger partial charge is 0.0486 e. The first-order chi connectivity index (χ1) is 19.7. The number of fused-ring (bicyclic) bond motifs is 2. The van der Waals surface area contributed by atoms with Crippen molar-refractivity contribution in [1.29, 1.82) is 0 Å². The van der Waals surface area contributed by atoms with Crippen molar-refractivity contribution in [2.75, 3.05) is 0 Å². The Balaban J connectivity index is 0.000000309. The van der Waals surface area contributed by atoms with Gasteiger partial charge in [0.15, 0.2) is 0 Å². The Hall–Kier alpha value is -1.93. The van der Waals surface area contributed by atoms with Crippen molar-refractivity contribution < 1.29 is 40.8 Å². The average molecular weight is 705 g/mol. The Kier molecular flexibility index (Phi) is 15.1. The summed E-state index contributed by atoms with van der Waals surface area (Å²) >= 11 is 1.74. The summed E-state index contributed by atoms with van der Waals surface area (Å²) in [6, 6.07) is 23.7. The zero-order valence-electron chi connectivity index (χ0n) is 29.6. The van der Waals surface area contributed by atoms with Crippen molar-refractivity contribution in [3.63, 3.8) is 0 Å². The molecule has 0 bridgehead atoms. The number of hydrogen-bond donors (Lipinski definition) is 0. The minimum Gasteiger partial charge on any atom is -1.00 e. The summed E-state index contributed by atoms with van der Waals surface area (Å²) < 4.78 is 0. The van der Waals surface area contributed by atoms with E-state index in [9.17, 15) is 5.11 Å². The standard InChI is InChI=1S/C14H22O.2C12H13.C2H6Si.ClH.Zr/c1-13(2,3)10-7-8-12(15)11(9-10)14(4,5)6;2*1-8-4-10(3)12-7-9(2)6-11(12)5-8;1-3-2;;/h7-9,15H,1-6H3;2*4-7H,1-3H3;1-2H3;1H;/q;2*-1;;;+2/p-2. The van der Waals surface area contributed by atoms with Gasteiger partial charge >= 0.3 is 41.9 Å². The predicted molar refractivity (Wildman–Crippen MR) is 188 cm³/mol. The minimum atomic E-state index is -0.0711. The van der Waals surface area contributed by atoms with Crippen molar-refractivity contribution in [3.8, 4) is 5.75 Å². The van der Waals surface area contributed by atoms with Crippen LogP contribution in [0.5, 0.6) is 5.75 Å². The number of hydrogen-bond acceptors (Lipinski definition) is 1. The summed E-state index contributed by atoms with van der Waals surface area (Å²) in [5.41, 5.74) is 10.6. The van der Waals surface area contributed by atoms with E-state index < -0.39 is 0 Å². The molecule has 5 aromatic rings. The molecular weight excluding hydrogens is 651 g/mol. The van der Waals surface area contributed by atoms with E-state index in [2.05, 4.69) is 151 Å². The molecule has 5 rings (SSSR count). The maximum atomic E-state index is 11.7. The maximum Gasteiger partial charge on any atom is -0.0486 e. The molecule has 5 aromatic carbocycles. The molecular formula is C40H53ClOSiZr-2. The van der Waals surface area contributed by atoms with Gasteiger partial charge in [-0.3, -0.25) is 0 Å². The number of aryl methyl sites for hydroxylation is 6. The number of halogens is 1. The van der Waals surface area contributed by atoms with E-state index in [0.717, 1.165) is 5.56 Å². The third kappa shape index (κ3) is 12.1. The quantitative estimate of drug-likeness (QED) is 0.118. The van der Waals surface area contributed by atoms with Crippen molar-refractivity contribution in [2.45, 2.75) is 107 Å². The van der Waals surface area contributed by atoms with Crippen LogP contribution in [0.4, 0.5) is 0 Å². The van der Waals surface area contributed by atoms with Gasteiger partial charge in [0, 0.05) is 0 Å². The molecule has 0 N–H and O–H groups in total. The van der Waals surface area contributed by atoms with Crippen LogP contribution < -0.4 is 17.5 Å². The second kappa shape index (κ2) is 16.6. The third-order valence-electron chi connectivity index (χ3n) is 7.29. The van der Waals surface area contributed by atoms with Crippen molar-refractivity contribution in [1.82, 2.24) is 0 Å². The molecule has 0 radical (unpaired) electrons. The monoisotopic (exact) mass is 702 g/mol. The van der Waals surface area contributed by atoms with E-state index in [1.54, 1.807) is 29.4 Å². The SMILES string of the molecule is CC(C)(C)c1ccc([O-])c(C(C)(C)C)c1.C[Si](C)=[Zr+2].Cc1cc(C)c2cc(C)[cH-]c2c1.Cc1cc(C)c2cc(C)[cH-]c2c1.[Cl-]. The van der Waals surface area contributed by atoms with Gasteiger partial charge in [0.2, 0.25) is 0 Å². The van der Waals surface area contributed by atoms with E-state index in [1.165, 1.54) is 60.5 Å². The van der Waals surface area contributed by atoms with Gasteiger partial charge in [-0.25, -0.2) is 0 Å². The molecule has 0 fully saturated rings. The van der Waals surface area contributed by atoms with Crippen LogP contribution in [0.2, 0.25) is 13.1 Å². The molecule has 0 saturated heterocycles. The van der Waals surface area contributed by atoms with Crippen molar-refractivity contribution in [2.24, 2.45) is 0 Å². The van der Waals surface area contributed by atoms with E-state index in [4.69, 9.17) is 0 Å². The van der Waals surface area contributed by atoms with Crippen LogP contribution >= 0.6 is 0 Å². The van der Waals surface area contributed by atoms with Gasteiger partial charge in [-0.15, -0.1) is 62.7 Å². The van der Waals surface area contributed by atoms with Gasteiger partial charge in [0.1, 0.15) is 0 Å². The Labute approximate surface area is 290 Å². The predicted octanol–water partition coefficient (Wildman–Crippen LogP) is 8.11. The third-order valence-corrected chi connectivity index (χ3v) is 7.29. The molecule has 4 heteroatoms. The first-order valence-electron chi connectivity index (χ1n) is 15.3. The van der Waals surface area contributed by atoms with Crippen LogP contribution in [-0.2, 0) is 34.2 Å². The molecule has 0 atom stereocenters. The minimum absolute atomic E-state index is 0. The van der Waals surface area contributed by atoms with Gasteiger partial charge in [0.05, 0.1) is 0 Å². The van der Waals surface area contributed by atoms with Crippen LogP contribution in [0.25, 0.3) is 21.5 Å². The molecule has 0 heterocycles. The number of rotatable bonds is 0. The molecule has 236 valence electrons. The fraction of sp³-hybridized carbons (Fsp3) is 0.400. The van der Waals surface area contributed by atoms with E-state index >= 15 is 0 Å². The van der Waals surface area contributed by atoms with Gasteiger partial charge in [-0.2, -0.15) is 12.1 Å². The summed E-state index contributed by atoms with van der Waals surface area (Å²) in [5.74, 6) is 0.149. The van der Waals surface area contributed by atoms with Gasteiger partial charge in [0.25, 0.3) is 0 Å². The molecule has 0 unspecified atom stereocenters. The summed E-state index contributed by atoms with van der Waals surface area (Å²) in [4.78, 5) is 0. The molecule has 1 nitrogen and oxygen atoms in total. The zero-order chi connectivity index (χ0) is 32.9. The molecule has 0 spiro atoms. The molecule has 0 amide bonds. The fourth-order valence-corrected chi connectivity index (χ4v) is 5.27. The van der Waals surface area contributed by atoms with Gasteiger partial charge in [-0.1, -0.05) is 114 Å². The first-order valence-corrected chi connectivity index (χ1v) is 21.5.